The summed E-state index contributed by atoms with van der Waals surface area (Å²) in [5.74, 6) is 0.756. The molecule has 54 valence electrons. The van der Waals surface area contributed by atoms with Crippen molar-refractivity contribution in [3.8, 4) is 0 Å². The Morgan fingerprint density at radius 1 is 1.60 bits per heavy atom. The van der Waals surface area contributed by atoms with Crippen LogP contribution in [0.5, 0.6) is 0 Å². The summed E-state index contributed by atoms with van der Waals surface area (Å²) >= 11 is 5.99. The van der Waals surface area contributed by atoms with E-state index in [1.54, 1.807) is 0 Å². The zero-order chi connectivity index (χ0) is 6.91. The number of rotatable bonds is 0. The van der Waals surface area contributed by atoms with Crippen LogP contribution in [0.25, 0.3) is 0 Å². The van der Waals surface area contributed by atoms with Crippen LogP contribution in [0.1, 0.15) is 0 Å². The van der Waals surface area contributed by atoms with Crippen molar-refractivity contribution >= 4 is 67.9 Å². The molecule has 7 heteroatoms. The van der Waals surface area contributed by atoms with E-state index in [1.807, 2.05) is 0 Å². The SMILES string of the molecule is O=S1(=O)CCSC(=S)N1.[NaH]. The fourth-order valence-corrected chi connectivity index (χ4v) is 3.45. The zero-order valence-electron chi connectivity index (χ0n) is 4.46. The molecule has 1 aliphatic heterocycles. The van der Waals surface area contributed by atoms with Gasteiger partial charge in [0.2, 0.25) is 10.0 Å². The Hall–Kier alpha value is 1.19. The molecule has 1 rings (SSSR count). The van der Waals surface area contributed by atoms with Crippen molar-refractivity contribution < 1.29 is 8.42 Å². The van der Waals surface area contributed by atoms with Crippen molar-refractivity contribution in [1.82, 2.24) is 4.72 Å². The third-order valence-electron chi connectivity index (χ3n) is 0.824. The molecule has 1 heterocycles. The molecule has 10 heavy (non-hydrogen) atoms. The van der Waals surface area contributed by atoms with E-state index in [1.165, 1.54) is 11.8 Å². The Kier molecular flexibility index (Phi) is 4.78. The van der Waals surface area contributed by atoms with Crippen LogP contribution in [-0.4, -0.2) is 53.8 Å². The van der Waals surface area contributed by atoms with Gasteiger partial charge in [-0.05, 0) is 0 Å². The molecule has 1 N–H and O–H groups in total. The van der Waals surface area contributed by atoms with Gasteiger partial charge in [-0.3, -0.25) is 4.72 Å². The Morgan fingerprint density at radius 3 is 2.50 bits per heavy atom. The van der Waals surface area contributed by atoms with Crippen LogP contribution >= 0.6 is 24.0 Å². The van der Waals surface area contributed by atoms with E-state index in [0.717, 1.165) is 0 Å². The predicted octanol–water partition coefficient (Wildman–Crippen LogP) is -0.711. The van der Waals surface area contributed by atoms with Gasteiger partial charge in [0.15, 0.2) is 0 Å². The van der Waals surface area contributed by atoms with Crippen LogP contribution in [0, 0.1) is 0 Å². The molecule has 0 atom stereocenters. The summed E-state index contributed by atoms with van der Waals surface area (Å²) in [7, 11) is -3.04. The normalized spacial score (nSPS) is 22.6. The first-order valence-electron chi connectivity index (χ1n) is 2.27. The van der Waals surface area contributed by atoms with Crippen LogP contribution < -0.4 is 4.72 Å². The minimum absolute atomic E-state index is 0. The molecule has 0 aromatic heterocycles. The molecule has 1 fully saturated rings. The molecule has 1 saturated heterocycles. The number of nitrogens with one attached hydrogen (secondary N) is 1. The molecular formula is C3H6NNaO2S3. The third kappa shape index (κ3) is 3.54. The zero-order valence-corrected chi connectivity index (χ0v) is 6.90. The molecule has 0 spiro atoms. The topological polar surface area (TPSA) is 46.2 Å². The van der Waals surface area contributed by atoms with Crippen LogP contribution in [0.3, 0.4) is 0 Å². The first kappa shape index (κ1) is 11.2. The summed E-state index contributed by atoms with van der Waals surface area (Å²) in [5.41, 5.74) is 0. The standard InChI is InChI=1S/C3H5NO2S3.Na.H/c5-9(6)2-1-8-3(7)4-9;;/h1-2H2,(H,4,7);;. The Morgan fingerprint density at radius 2 is 2.20 bits per heavy atom. The summed E-state index contributed by atoms with van der Waals surface area (Å²) in [5, 5.41) is 0. The second-order valence-electron chi connectivity index (χ2n) is 1.56. The van der Waals surface area contributed by atoms with Crippen molar-refractivity contribution in [2.75, 3.05) is 11.5 Å². The Bertz CT molecular complexity index is 224. The monoisotopic (exact) mass is 207 g/mol. The molecule has 0 amide bonds. The van der Waals surface area contributed by atoms with E-state index in [2.05, 4.69) is 16.9 Å². The van der Waals surface area contributed by atoms with Gasteiger partial charge < -0.3 is 0 Å². The van der Waals surface area contributed by atoms with Crippen molar-refractivity contribution in [2.24, 2.45) is 0 Å². The van der Waals surface area contributed by atoms with Gasteiger partial charge in [0, 0.05) is 5.75 Å². The van der Waals surface area contributed by atoms with Gasteiger partial charge >= 0.3 is 29.6 Å². The van der Waals surface area contributed by atoms with E-state index in [-0.39, 0.29) is 35.3 Å². The Labute approximate surface area is 91.7 Å². The van der Waals surface area contributed by atoms with Gasteiger partial charge in [0.25, 0.3) is 0 Å². The van der Waals surface area contributed by atoms with Gasteiger partial charge in [-0.1, -0.05) is 24.0 Å². The maximum absolute atomic E-state index is 10.6. The molecule has 0 aliphatic carbocycles. The summed E-state index contributed by atoms with van der Waals surface area (Å²) in [6.07, 6.45) is 0. The van der Waals surface area contributed by atoms with Crippen LogP contribution in [0.15, 0.2) is 0 Å². The average Bonchev–Trinajstić information content (AvgIpc) is 1.60. The molecule has 0 aromatic rings. The van der Waals surface area contributed by atoms with Gasteiger partial charge in [-0.15, -0.1) is 0 Å². The van der Waals surface area contributed by atoms with E-state index in [0.29, 0.717) is 10.1 Å². The molecule has 0 aromatic carbocycles. The first-order valence-corrected chi connectivity index (χ1v) is 5.32. The van der Waals surface area contributed by atoms with E-state index in [9.17, 15) is 8.42 Å². The van der Waals surface area contributed by atoms with Gasteiger partial charge in [-0.2, -0.15) is 0 Å². The minimum atomic E-state index is -3.04. The summed E-state index contributed by atoms with van der Waals surface area (Å²) in [6.45, 7) is 0. The van der Waals surface area contributed by atoms with Gasteiger partial charge in [-0.25, -0.2) is 8.42 Å². The van der Waals surface area contributed by atoms with Crippen molar-refractivity contribution in [3.05, 3.63) is 0 Å². The fraction of sp³-hybridized carbons (Fsp3) is 0.667. The van der Waals surface area contributed by atoms with Gasteiger partial charge in [0.1, 0.15) is 4.32 Å². The number of hydrogen-bond donors (Lipinski definition) is 1. The molecular weight excluding hydrogens is 201 g/mol. The van der Waals surface area contributed by atoms with Gasteiger partial charge in [0.05, 0.1) is 5.75 Å². The first-order chi connectivity index (χ1) is 4.10. The van der Waals surface area contributed by atoms with E-state index in [4.69, 9.17) is 0 Å². The quantitative estimate of drug-likeness (QED) is 0.421. The maximum atomic E-state index is 10.6. The number of thioether (sulfide) groups is 1. The van der Waals surface area contributed by atoms with Crippen LogP contribution in [0.2, 0.25) is 0 Å². The average molecular weight is 207 g/mol. The summed E-state index contributed by atoms with van der Waals surface area (Å²) in [4.78, 5) is 0. The van der Waals surface area contributed by atoms with Crippen LogP contribution in [0.4, 0.5) is 0 Å². The second kappa shape index (κ2) is 4.27. The molecule has 0 bridgehead atoms. The molecule has 3 nitrogen and oxygen atoms in total. The van der Waals surface area contributed by atoms with E-state index >= 15 is 0 Å². The van der Waals surface area contributed by atoms with Crippen LogP contribution in [-0.2, 0) is 10.0 Å². The third-order valence-corrected chi connectivity index (χ3v) is 3.83. The van der Waals surface area contributed by atoms with E-state index < -0.39 is 10.0 Å². The fourth-order valence-electron chi connectivity index (χ4n) is 0.452. The number of hydrogen-bond acceptors (Lipinski definition) is 4. The molecule has 0 radical (unpaired) electrons. The van der Waals surface area contributed by atoms with Crippen molar-refractivity contribution in [1.29, 1.82) is 0 Å². The number of thiocarbonyl (C=S) groups is 1. The summed E-state index contributed by atoms with van der Waals surface area (Å²) in [6, 6.07) is 0. The molecule has 1 aliphatic rings. The predicted molar refractivity (Wildman–Crippen MR) is 49.1 cm³/mol. The second-order valence-corrected chi connectivity index (χ2v) is 5.17. The number of sulfonamides is 1. The molecule has 0 unspecified atom stereocenters. The molecule has 0 saturated carbocycles. The van der Waals surface area contributed by atoms with Crippen molar-refractivity contribution in [3.63, 3.8) is 0 Å². The Balaban J connectivity index is 0.000000810. The summed E-state index contributed by atoms with van der Waals surface area (Å²) < 4.78 is 23.9. The van der Waals surface area contributed by atoms with Crippen molar-refractivity contribution in [2.45, 2.75) is 0 Å².